The first-order chi connectivity index (χ1) is 13.6. The van der Waals surface area contributed by atoms with E-state index < -0.39 is 5.60 Å². The third kappa shape index (κ3) is 5.52. The van der Waals surface area contributed by atoms with Crippen LogP contribution in [0.25, 0.3) is 0 Å². The number of hydrogen-bond donors (Lipinski definition) is 3. The Balaban J connectivity index is 1.63. The first-order valence-corrected chi connectivity index (χ1v) is 10.4. The lowest BCUT2D eigenvalue weighted by Gasteiger charge is -2.36. The van der Waals surface area contributed by atoms with E-state index in [0.717, 1.165) is 49.9 Å². The molecular formula is C21H34N4O3. The van der Waals surface area contributed by atoms with Gasteiger partial charge in [0.2, 0.25) is 0 Å². The van der Waals surface area contributed by atoms with Crippen LogP contribution < -0.4 is 20.3 Å². The van der Waals surface area contributed by atoms with Crippen LogP contribution in [-0.2, 0) is 4.74 Å². The molecule has 7 heteroatoms. The van der Waals surface area contributed by atoms with Gasteiger partial charge in [-0.15, -0.1) is 0 Å². The maximum Gasteiger partial charge on any atom is 0.191 e. The van der Waals surface area contributed by atoms with Gasteiger partial charge in [0.15, 0.2) is 5.96 Å². The lowest BCUT2D eigenvalue weighted by molar-refractivity contribution is -0.0566. The summed E-state index contributed by atoms with van der Waals surface area (Å²) in [6.45, 7) is 6.36. The molecule has 3 N–H and O–H groups in total. The molecule has 0 aliphatic carbocycles. The van der Waals surface area contributed by atoms with E-state index in [1.165, 1.54) is 0 Å². The first kappa shape index (κ1) is 20.7. The minimum Gasteiger partial charge on any atom is -0.495 e. The normalized spacial score (nSPS) is 22.6. The minimum absolute atomic E-state index is 0.292. The average Bonchev–Trinajstić information content (AvgIpc) is 2.73. The summed E-state index contributed by atoms with van der Waals surface area (Å²) in [6, 6.07) is 8.46. The Morgan fingerprint density at radius 1 is 1.36 bits per heavy atom. The smallest absolute Gasteiger partial charge is 0.191 e. The van der Waals surface area contributed by atoms with Gasteiger partial charge in [-0.2, -0.15) is 0 Å². The number of aliphatic hydroxyl groups is 1. The molecular weight excluding hydrogens is 356 g/mol. The molecule has 2 aliphatic heterocycles. The maximum absolute atomic E-state index is 10.7. The number of guanidine groups is 1. The quantitative estimate of drug-likeness (QED) is 0.508. The number of hydrogen-bond acceptors (Lipinski definition) is 5. The minimum atomic E-state index is -0.753. The molecule has 0 saturated carbocycles. The molecule has 1 atom stereocenters. The number of nitrogens with one attached hydrogen (secondary N) is 2. The van der Waals surface area contributed by atoms with Gasteiger partial charge in [0, 0.05) is 51.7 Å². The van der Waals surface area contributed by atoms with Crippen molar-refractivity contribution in [3.05, 3.63) is 24.3 Å². The highest BCUT2D eigenvalue weighted by Crippen LogP contribution is 2.29. The van der Waals surface area contributed by atoms with E-state index in [0.29, 0.717) is 38.6 Å². The molecule has 2 heterocycles. The Kier molecular flexibility index (Phi) is 7.39. The van der Waals surface area contributed by atoms with Crippen LogP contribution in [0.5, 0.6) is 5.75 Å². The number of anilines is 1. The zero-order chi connectivity index (χ0) is 19.8. The second-order valence-corrected chi connectivity index (χ2v) is 7.63. The second-order valence-electron chi connectivity index (χ2n) is 7.63. The molecule has 0 spiro atoms. The summed E-state index contributed by atoms with van der Waals surface area (Å²) in [4.78, 5) is 7.05. The van der Waals surface area contributed by atoms with E-state index in [1.54, 1.807) is 7.11 Å². The predicted octanol–water partition coefficient (Wildman–Crippen LogP) is 1.76. The van der Waals surface area contributed by atoms with Gasteiger partial charge in [0.1, 0.15) is 5.75 Å². The molecule has 0 amide bonds. The number of piperidine rings is 1. The molecule has 2 aliphatic rings. The zero-order valence-corrected chi connectivity index (χ0v) is 17.1. The molecule has 0 aromatic heterocycles. The third-order valence-electron chi connectivity index (χ3n) is 5.49. The molecule has 156 valence electrons. The van der Waals surface area contributed by atoms with Gasteiger partial charge < -0.3 is 30.1 Å². The second kappa shape index (κ2) is 9.98. The molecule has 7 nitrogen and oxygen atoms in total. The highest BCUT2D eigenvalue weighted by Gasteiger charge is 2.30. The molecule has 0 radical (unpaired) electrons. The van der Waals surface area contributed by atoms with E-state index in [4.69, 9.17) is 9.47 Å². The first-order valence-electron chi connectivity index (χ1n) is 10.4. The Hall–Kier alpha value is -1.99. The summed E-state index contributed by atoms with van der Waals surface area (Å²) in [5, 5.41) is 17.6. The van der Waals surface area contributed by atoms with E-state index in [-0.39, 0.29) is 0 Å². The zero-order valence-electron chi connectivity index (χ0n) is 17.1. The number of ether oxygens (including phenoxy) is 2. The molecule has 2 fully saturated rings. The SMILES string of the molecule is CCNC(=NCC1(O)CCOCC1)NC1CCCN(c2ccccc2OC)C1. The van der Waals surface area contributed by atoms with Gasteiger partial charge in [-0.05, 0) is 31.9 Å². The summed E-state index contributed by atoms with van der Waals surface area (Å²) < 4.78 is 10.9. The van der Waals surface area contributed by atoms with Crippen molar-refractivity contribution in [3.8, 4) is 5.75 Å². The Labute approximate surface area is 168 Å². The standard InChI is InChI=1S/C21H34N4O3/c1-3-22-20(23-16-21(26)10-13-28-14-11-21)24-17-7-6-12-25(15-17)18-8-4-5-9-19(18)27-2/h4-5,8-9,17,26H,3,6-7,10-16H2,1-2H3,(H2,22,23,24). The van der Waals surface area contributed by atoms with Crippen molar-refractivity contribution < 1.29 is 14.6 Å². The highest BCUT2D eigenvalue weighted by atomic mass is 16.5. The average molecular weight is 391 g/mol. The van der Waals surface area contributed by atoms with Gasteiger partial charge in [-0.3, -0.25) is 4.99 Å². The van der Waals surface area contributed by atoms with Crippen molar-refractivity contribution in [2.24, 2.45) is 4.99 Å². The molecule has 1 aromatic carbocycles. The monoisotopic (exact) mass is 390 g/mol. The fraction of sp³-hybridized carbons (Fsp3) is 0.667. The number of aliphatic imine (C=N–C) groups is 1. The van der Waals surface area contributed by atoms with Gasteiger partial charge >= 0.3 is 0 Å². The number of para-hydroxylation sites is 2. The fourth-order valence-corrected chi connectivity index (χ4v) is 3.85. The number of nitrogens with zero attached hydrogens (tertiary/aromatic N) is 2. The van der Waals surface area contributed by atoms with Crippen LogP contribution in [0.1, 0.15) is 32.6 Å². The fourth-order valence-electron chi connectivity index (χ4n) is 3.85. The summed E-state index contributed by atoms with van der Waals surface area (Å²) in [5.41, 5.74) is 0.381. The van der Waals surface area contributed by atoms with Crippen LogP contribution in [0.15, 0.2) is 29.3 Å². The van der Waals surface area contributed by atoms with Gasteiger partial charge in [0.05, 0.1) is 24.9 Å². The van der Waals surface area contributed by atoms with Crippen molar-refractivity contribution in [2.75, 3.05) is 51.4 Å². The van der Waals surface area contributed by atoms with E-state index in [9.17, 15) is 5.11 Å². The Morgan fingerprint density at radius 2 is 2.14 bits per heavy atom. The molecule has 1 unspecified atom stereocenters. The number of rotatable bonds is 6. The summed E-state index contributed by atoms with van der Waals surface area (Å²) in [7, 11) is 1.72. The Bertz CT molecular complexity index is 646. The summed E-state index contributed by atoms with van der Waals surface area (Å²) in [5.74, 6) is 1.68. The molecule has 0 bridgehead atoms. The lowest BCUT2D eigenvalue weighted by Crippen LogP contribution is -2.52. The van der Waals surface area contributed by atoms with Crippen molar-refractivity contribution >= 4 is 11.6 Å². The summed E-state index contributed by atoms with van der Waals surface area (Å²) in [6.07, 6.45) is 3.48. The van der Waals surface area contributed by atoms with Crippen LogP contribution in [0, 0.1) is 0 Å². The van der Waals surface area contributed by atoms with E-state index >= 15 is 0 Å². The van der Waals surface area contributed by atoms with Crippen molar-refractivity contribution in [3.63, 3.8) is 0 Å². The molecule has 28 heavy (non-hydrogen) atoms. The van der Waals surface area contributed by atoms with Crippen molar-refractivity contribution in [2.45, 2.75) is 44.2 Å². The van der Waals surface area contributed by atoms with Gasteiger partial charge in [-0.1, -0.05) is 12.1 Å². The largest absolute Gasteiger partial charge is 0.495 e. The van der Waals surface area contributed by atoms with Crippen LogP contribution in [0.2, 0.25) is 0 Å². The van der Waals surface area contributed by atoms with Crippen LogP contribution in [-0.4, -0.2) is 69.2 Å². The van der Waals surface area contributed by atoms with Crippen molar-refractivity contribution in [1.82, 2.24) is 10.6 Å². The third-order valence-corrected chi connectivity index (χ3v) is 5.49. The number of methoxy groups -OCH3 is 1. The number of benzene rings is 1. The van der Waals surface area contributed by atoms with Gasteiger partial charge in [-0.25, -0.2) is 0 Å². The summed E-state index contributed by atoms with van der Waals surface area (Å²) >= 11 is 0. The lowest BCUT2D eigenvalue weighted by atomic mass is 9.95. The van der Waals surface area contributed by atoms with E-state index in [1.807, 2.05) is 12.1 Å². The Morgan fingerprint density at radius 3 is 2.89 bits per heavy atom. The van der Waals surface area contributed by atoms with Crippen molar-refractivity contribution in [1.29, 1.82) is 0 Å². The molecule has 2 saturated heterocycles. The van der Waals surface area contributed by atoms with Crippen LogP contribution >= 0.6 is 0 Å². The topological polar surface area (TPSA) is 78.4 Å². The predicted molar refractivity (Wildman–Crippen MR) is 112 cm³/mol. The van der Waals surface area contributed by atoms with Crippen LogP contribution in [0.4, 0.5) is 5.69 Å². The molecule has 1 aromatic rings. The van der Waals surface area contributed by atoms with Crippen LogP contribution in [0.3, 0.4) is 0 Å². The van der Waals surface area contributed by atoms with E-state index in [2.05, 4.69) is 39.6 Å². The maximum atomic E-state index is 10.7. The highest BCUT2D eigenvalue weighted by molar-refractivity contribution is 5.80. The molecule has 3 rings (SSSR count). The van der Waals surface area contributed by atoms with Gasteiger partial charge in [0.25, 0.3) is 0 Å².